The van der Waals surface area contributed by atoms with Crippen molar-refractivity contribution in [1.82, 2.24) is 45.4 Å². The molecule has 0 unspecified atom stereocenters. The molecular weight excluding hydrogens is 923 g/mol. The summed E-state index contributed by atoms with van der Waals surface area (Å²) in [6.07, 6.45) is 6.58. The molecule has 0 aliphatic carbocycles. The molecule has 2 fully saturated rings. The lowest BCUT2D eigenvalue weighted by Gasteiger charge is -2.41. The van der Waals surface area contributed by atoms with Gasteiger partial charge in [0.1, 0.15) is 17.2 Å². The lowest BCUT2D eigenvalue weighted by atomic mass is 9.84. The number of hydrogen-bond donors (Lipinski definition) is 3. The van der Waals surface area contributed by atoms with Crippen LogP contribution in [0.3, 0.4) is 0 Å². The maximum absolute atomic E-state index is 14.8. The van der Waals surface area contributed by atoms with Gasteiger partial charge in [-0.05, 0) is 99.6 Å². The van der Waals surface area contributed by atoms with Gasteiger partial charge < -0.3 is 34.5 Å². The van der Waals surface area contributed by atoms with Crippen molar-refractivity contribution in [3.8, 4) is 22.5 Å². The molecule has 3 aliphatic rings. The van der Waals surface area contributed by atoms with Crippen molar-refractivity contribution in [3.63, 3.8) is 0 Å². The van der Waals surface area contributed by atoms with Crippen molar-refractivity contribution in [2.75, 3.05) is 46.9 Å². The molecule has 3 aromatic heterocycles. The number of carbonyl (C=O) groups excluding carboxylic acids is 5. The third-order valence-corrected chi connectivity index (χ3v) is 15.6. The van der Waals surface area contributed by atoms with E-state index in [1.54, 1.807) is 25.3 Å². The van der Waals surface area contributed by atoms with E-state index in [0.29, 0.717) is 50.4 Å². The average Bonchev–Trinajstić information content (AvgIpc) is 4.06. The predicted molar refractivity (Wildman–Crippen MR) is 273 cm³/mol. The molecule has 70 heavy (non-hydrogen) atoms. The molecule has 3 radical (unpaired) electrons. The maximum Gasteiger partial charge on any atom is 0.323 e. The van der Waals surface area contributed by atoms with Crippen LogP contribution < -0.4 is 16.1 Å². The molecule has 3 N–H and O–H groups in total. The number of likely N-dealkylation sites (N-methyl/N-ethyl adjacent to an activating group) is 1. The number of thiazole rings is 1. The van der Waals surface area contributed by atoms with E-state index in [2.05, 4.69) is 89.4 Å². The van der Waals surface area contributed by atoms with Crippen LogP contribution in [0.1, 0.15) is 103 Å². The van der Waals surface area contributed by atoms with E-state index in [9.17, 15) is 24.0 Å². The second-order valence-electron chi connectivity index (χ2n) is 20.7. The molecule has 5 amide bonds. The number of ether oxygens (including phenoxy) is 2. The average molecular weight is 993 g/mol. The van der Waals surface area contributed by atoms with Crippen LogP contribution in [0.15, 0.2) is 54.6 Å². The molecule has 375 valence electrons. The number of aryl methyl sites for hydroxylation is 1. The van der Waals surface area contributed by atoms with Gasteiger partial charge in [0.2, 0.25) is 11.8 Å². The molecule has 0 saturated carbocycles. The minimum absolute atomic E-state index is 0.0618. The van der Waals surface area contributed by atoms with E-state index in [-0.39, 0.29) is 48.9 Å². The van der Waals surface area contributed by atoms with E-state index >= 15 is 0 Å². The van der Waals surface area contributed by atoms with Crippen LogP contribution >= 0.6 is 11.3 Å². The fraction of sp³-hybridized carbons (Fsp3) is 0.558. The van der Waals surface area contributed by atoms with Crippen LogP contribution in [-0.4, -0.2) is 133 Å². The Morgan fingerprint density at radius 2 is 1.91 bits per heavy atom. The summed E-state index contributed by atoms with van der Waals surface area (Å²) in [5.74, 6) is -2.00. The van der Waals surface area contributed by atoms with Gasteiger partial charge >= 0.3 is 12.0 Å². The number of hydrazine groups is 1. The van der Waals surface area contributed by atoms with Gasteiger partial charge in [-0.15, -0.1) is 11.3 Å². The summed E-state index contributed by atoms with van der Waals surface area (Å²) in [6, 6.07) is 8.11. The summed E-state index contributed by atoms with van der Waals surface area (Å²) in [5.41, 5.74) is 9.03. The number of fused-ring (bicyclic) bond motifs is 6. The van der Waals surface area contributed by atoms with Crippen LogP contribution in [0.2, 0.25) is 0 Å². The molecule has 0 spiro atoms. The van der Waals surface area contributed by atoms with Crippen LogP contribution in [0.5, 0.6) is 0 Å². The fourth-order valence-electron chi connectivity index (χ4n) is 10.3. The van der Waals surface area contributed by atoms with Crippen LogP contribution in [0.25, 0.3) is 33.4 Å². The van der Waals surface area contributed by atoms with Gasteiger partial charge in [-0.25, -0.2) is 15.2 Å². The number of hydrogen-bond acceptors (Lipinski definition) is 11. The van der Waals surface area contributed by atoms with E-state index in [1.807, 2.05) is 32.2 Å². The molecule has 1 aromatic carbocycles. The van der Waals surface area contributed by atoms with E-state index in [0.717, 1.165) is 63.9 Å². The zero-order valence-electron chi connectivity index (χ0n) is 42.3. The van der Waals surface area contributed by atoms with Crippen LogP contribution in [0.4, 0.5) is 4.79 Å². The smallest absolute Gasteiger partial charge is 0.323 e. The molecule has 6 bridgehead atoms. The highest BCUT2D eigenvalue weighted by atomic mass is 32.1. The normalized spacial score (nSPS) is 22.6. The number of benzene rings is 1. The highest BCUT2D eigenvalue weighted by Gasteiger charge is 2.44. The first-order valence-electron chi connectivity index (χ1n) is 24.5. The number of pyridine rings is 1. The molecule has 7 rings (SSSR count). The van der Waals surface area contributed by atoms with E-state index in [1.165, 1.54) is 27.3 Å². The van der Waals surface area contributed by atoms with Crippen LogP contribution in [-0.2, 0) is 48.0 Å². The zero-order valence-corrected chi connectivity index (χ0v) is 44.1. The standard InChI is InChI=1S/C52H70N9O7SSi/c1-11-41(62)53-23-14-19-51(8)21-25-59(30-51)49(66)58(9)44(32(3)4)46(63)56-38-27-42-55-39(29-69-42)34-17-18-40-36(26-34)37(45(60(40)12-2)35-16-13-22-54-43(35)33(5)67-10)28-50(6,7)31-68-48(65)52(70)20-15-24-61(57-52)47(38)64/h11,13,16-18,22,26,29,32-33,38,44,57H,1,12,14-15,19-21,23-25,27-28,30-31H2,2-10H3,(H,53,62)(H,56,63)/t33-,38-,44-,51-,52-/m0/s1. The number of urea groups is 1. The summed E-state index contributed by atoms with van der Waals surface area (Å²) in [6.45, 7) is 20.3. The van der Waals surface area contributed by atoms with Crippen LogP contribution in [0, 0.1) is 16.7 Å². The first kappa shape index (κ1) is 52.4. The summed E-state index contributed by atoms with van der Waals surface area (Å²) in [7, 11) is 7.05. The molecule has 18 heteroatoms. The van der Waals surface area contributed by atoms with Gasteiger partial charge in [0.15, 0.2) is 0 Å². The van der Waals surface area contributed by atoms with Gasteiger partial charge in [-0.3, -0.25) is 29.2 Å². The Balaban J connectivity index is 1.22. The van der Waals surface area contributed by atoms with Crippen molar-refractivity contribution in [1.29, 1.82) is 0 Å². The lowest BCUT2D eigenvalue weighted by Crippen LogP contribution is -2.67. The largest absolute Gasteiger partial charge is 0.464 e. The van der Waals surface area contributed by atoms with Crippen molar-refractivity contribution in [2.45, 2.75) is 123 Å². The Bertz CT molecular complexity index is 2610. The van der Waals surface area contributed by atoms with Gasteiger partial charge in [-0.2, -0.15) is 0 Å². The Hall–Kier alpha value is -5.43. The quantitative estimate of drug-likeness (QED) is 0.0574. The number of esters is 1. The highest BCUT2D eigenvalue weighted by Crippen LogP contribution is 2.42. The first-order valence-corrected chi connectivity index (χ1v) is 25.9. The van der Waals surface area contributed by atoms with Gasteiger partial charge in [-0.1, -0.05) is 47.3 Å². The number of nitrogens with zero attached hydrogens (tertiary/aromatic N) is 6. The molecule has 5 atom stereocenters. The molecule has 2 saturated heterocycles. The Kier molecular flexibility index (Phi) is 16.1. The Labute approximate surface area is 419 Å². The predicted octanol–water partition coefficient (Wildman–Crippen LogP) is 6.57. The minimum Gasteiger partial charge on any atom is -0.464 e. The molecular formula is C52H70N9O7SSi. The maximum atomic E-state index is 14.8. The van der Waals surface area contributed by atoms with Crippen molar-refractivity contribution in [3.05, 3.63) is 70.8 Å². The summed E-state index contributed by atoms with van der Waals surface area (Å²) in [4.78, 5) is 82.7. The van der Waals surface area contributed by atoms with Gasteiger partial charge in [0.05, 0.1) is 45.0 Å². The van der Waals surface area contributed by atoms with Gasteiger partial charge in [0.25, 0.3) is 5.91 Å². The summed E-state index contributed by atoms with van der Waals surface area (Å²) >= 11 is 1.41. The highest BCUT2D eigenvalue weighted by molar-refractivity contribution is 7.10. The number of likely N-dealkylation sites (tertiary alicyclic amines) is 1. The number of aromatic nitrogens is 3. The van der Waals surface area contributed by atoms with Crippen molar-refractivity contribution in [2.24, 2.45) is 16.7 Å². The summed E-state index contributed by atoms with van der Waals surface area (Å²) in [5, 5.41) is 9.50. The first-order chi connectivity index (χ1) is 33.2. The fourth-order valence-corrected chi connectivity index (χ4v) is 11.6. The molecule has 3 aliphatic heterocycles. The number of nitrogens with one attached hydrogen (secondary N) is 3. The number of rotatable bonds is 13. The third-order valence-electron chi connectivity index (χ3n) is 14.2. The molecule has 6 heterocycles. The Morgan fingerprint density at radius 1 is 1.14 bits per heavy atom. The van der Waals surface area contributed by atoms with E-state index < -0.39 is 40.4 Å². The number of amides is 5. The summed E-state index contributed by atoms with van der Waals surface area (Å²) < 4.78 is 14.3. The van der Waals surface area contributed by atoms with Gasteiger partial charge in [0, 0.05) is 92.3 Å². The lowest BCUT2D eigenvalue weighted by molar-refractivity contribution is -0.158. The second kappa shape index (κ2) is 21.5. The number of cyclic esters (lactones) is 1. The zero-order chi connectivity index (χ0) is 50.7. The second-order valence-corrected chi connectivity index (χ2v) is 22.5. The number of carbonyl (C=O) groups is 5. The number of methoxy groups -OCH3 is 1. The van der Waals surface area contributed by atoms with Crippen molar-refractivity contribution >= 4 is 62.2 Å². The topological polar surface area (TPSA) is 180 Å². The minimum atomic E-state index is -1.42. The SMILES string of the molecule is C=CC(=O)NCCC[C@@]1(C)CCN(C(=O)N(C)[C@H](C(=O)N[C@H]2Cc3nc(cs3)-c3ccc4c(c3)c(c(-c3cccnc3[C@H](C)OC)n4CC)CC(C)(C)COC(=O)[C@@]3([Si])CCCN(N3)C2=O)C(C)C)C1. The molecule has 16 nitrogen and oxygen atoms in total. The third kappa shape index (κ3) is 11.2. The Morgan fingerprint density at radius 3 is 2.63 bits per heavy atom. The molecule has 4 aromatic rings. The van der Waals surface area contributed by atoms with Crippen molar-refractivity contribution < 1.29 is 33.4 Å². The monoisotopic (exact) mass is 992 g/mol. The van der Waals surface area contributed by atoms with E-state index in [4.69, 9.17) is 19.4 Å².